The number of carboxylic acid groups (broad SMARTS) is 1. The molecule has 0 aliphatic carbocycles. The van der Waals surface area contributed by atoms with Crippen molar-refractivity contribution in [1.82, 2.24) is 0 Å². The molecule has 0 aliphatic heterocycles. The van der Waals surface area contributed by atoms with Gasteiger partial charge in [-0.25, -0.2) is 4.79 Å². The Labute approximate surface area is 139 Å². The summed E-state index contributed by atoms with van der Waals surface area (Å²) in [5, 5.41) is 12.3. The van der Waals surface area contributed by atoms with E-state index in [2.05, 4.69) is 5.32 Å². The summed E-state index contributed by atoms with van der Waals surface area (Å²) in [6, 6.07) is 23.0. The van der Waals surface area contributed by atoms with Crippen LogP contribution >= 0.6 is 0 Å². The fourth-order valence-electron chi connectivity index (χ4n) is 2.53. The molecule has 24 heavy (non-hydrogen) atoms. The fourth-order valence-corrected chi connectivity index (χ4v) is 2.53. The van der Waals surface area contributed by atoms with Gasteiger partial charge in [0.1, 0.15) is 0 Å². The van der Waals surface area contributed by atoms with Crippen molar-refractivity contribution in [1.29, 1.82) is 0 Å². The maximum atomic E-state index is 12.3. The molecule has 0 unspecified atom stereocenters. The van der Waals surface area contributed by atoms with Gasteiger partial charge in [-0.1, -0.05) is 60.7 Å². The van der Waals surface area contributed by atoms with Gasteiger partial charge in [0.15, 0.2) is 0 Å². The summed E-state index contributed by atoms with van der Waals surface area (Å²) >= 11 is 0. The molecule has 0 fully saturated rings. The highest BCUT2D eigenvalue weighted by Crippen LogP contribution is 2.29. The van der Waals surface area contributed by atoms with Gasteiger partial charge in [-0.05, 0) is 29.3 Å². The smallest absolute Gasteiger partial charge is 0.338 e. The summed E-state index contributed by atoms with van der Waals surface area (Å²) in [6.45, 7) is 0. The highest BCUT2D eigenvalue weighted by molar-refractivity contribution is 6.10. The minimum absolute atomic E-state index is 0.0768. The first-order chi connectivity index (χ1) is 11.7. The Kier molecular flexibility index (Phi) is 4.38. The van der Waals surface area contributed by atoms with Gasteiger partial charge in [-0.15, -0.1) is 0 Å². The Morgan fingerprint density at radius 1 is 0.750 bits per heavy atom. The van der Waals surface area contributed by atoms with Crippen LogP contribution in [0.25, 0.3) is 11.1 Å². The molecule has 4 nitrogen and oxygen atoms in total. The highest BCUT2D eigenvalue weighted by Gasteiger charge is 2.18. The zero-order chi connectivity index (χ0) is 16.9. The lowest BCUT2D eigenvalue weighted by atomic mass is 9.98. The zero-order valence-electron chi connectivity index (χ0n) is 12.8. The van der Waals surface area contributed by atoms with Crippen LogP contribution in [-0.2, 0) is 0 Å². The number of carbonyl (C=O) groups is 2. The predicted molar refractivity (Wildman–Crippen MR) is 93.2 cm³/mol. The number of rotatable bonds is 4. The van der Waals surface area contributed by atoms with Crippen LogP contribution in [0.5, 0.6) is 0 Å². The summed E-state index contributed by atoms with van der Waals surface area (Å²) in [5.41, 5.74) is 2.17. The van der Waals surface area contributed by atoms with E-state index >= 15 is 0 Å². The summed E-state index contributed by atoms with van der Waals surface area (Å²) in [6.07, 6.45) is 0. The number of hydrogen-bond acceptors (Lipinski definition) is 2. The van der Waals surface area contributed by atoms with Gasteiger partial charge in [0.25, 0.3) is 5.91 Å². The SMILES string of the molecule is O=C(Nc1cccc(-c2ccccc2)c1C(=O)O)c1ccccc1. The van der Waals surface area contributed by atoms with E-state index in [9.17, 15) is 14.7 Å². The molecule has 0 atom stereocenters. The summed E-state index contributed by atoms with van der Waals surface area (Å²) in [5.74, 6) is -1.43. The van der Waals surface area contributed by atoms with Gasteiger partial charge in [-0.2, -0.15) is 0 Å². The lowest BCUT2D eigenvalue weighted by Gasteiger charge is -2.13. The number of aromatic carboxylic acids is 1. The largest absolute Gasteiger partial charge is 0.478 e. The Balaban J connectivity index is 2.03. The molecular formula is C20H15NO3. The third kappa shape index (κ3) is 3.17. The molecule has 0 heterocycles. The van der Waals surface area contributed by atoms with E-state index in [-0.39, 0.29) is 17.2 Å². The summed E-state index contributed by atoms with van der Waals surface area (Å²) in [4.78, 5) is 24.1. The number of anilines is 1. The predicted octanol–water partition coefficient (Wildman–Crippen LogP) is 4.30. The first-order valence-corrected chi connectivity index (χ1v) is 7.45. The van der Waals surface area contributed by atoms with Crippen molar-refractivity contribution in [3.8, 4) is 11.1 Å². The Hall–Kier alpha value is -3.40. The van der Waals surface area contributed by atoms with Gasteiger partial charge in [-0.3, -0.25) is 4.79 Å². The molecule has 0 saturated heterocycles. The molecule has 0 saturated carbocycles. The van der Waals surface area contributed by atoms with Crippen LogP contribution in [0.1, 0.15) is 20.7 Å². The molecule has 0 bridgehead atoms. The van der Waals surface area contributed by atoms with Crippen molar-refractivity contribution < 1.29 is 14.7 Å². The second-order valence-corrected chi connectivity index (χ2v) is 5.22. The molecule has 0 spiro atoms. The van der Waals surface area contributed by atoms with E-state index in [1.165, 1.54) is 0 Å². The zero-order valence-corrected chi connectivity index (χ0v) is 12.8. The fraction of sp³-hybridized carbons (Fsp3) is 0. The number of hydrogen-bond donors (Lipinski definition) is 2. The number of carboxylic acids is 1. The van der Waals surface area contributed by atoms with Crippen molar-refractivity contribution >= 4 is 17.6 Å². The summed E-state index contributed by atoms with van der Waals surface area (Å²) in [7, 11) is 0. The number of amides is 1. The first kappa shape index (κ1) is 15.5. The quantitative estimate of drug-likeness (QED) is 0.754. The molecule has 3 rings (SSSR count). The van der Waals surface area contributed by atoms with Gasteiger partial charge in [0.05, 0.1) is 11.3 Å². The molecule has 2 N–H and O–H groups in total. The van der Waals surface area contributed by atoms with Crippen molar-refractivity contribution in [2.75, 3.05) is 5.32 Å². The molecule has 0 radical (unpaired) electrons. The minimum atomic E-state index is -1.09. The third-order valence-corrected chi connectivity index (χ3v) is 3.65. The molecule has 118 valence electrons. The molecule has 0 aromatic heterocycles. The second-order valence-electron chi connectivity index (χ2n) is 5.22. The topological polar surface area (TPSA) is 66.4 Å². The average Bonchev–Trinajstić information content (AvgIpc) is 2.62. The van der Waals surface area contributed by atoms with E-state index in [0.717, 1.165) is 5.56 Å². The third-order valence-electron chi connectivity index (χ3n) is 3.65. The van der Waals surface area contributed by atoms with Crippen LogP contribution in [0.15, 0.2) is 78.9 Å². The van der Waals surface area contributed by atoms with Crippen molar-refractivity contribution in [3.63, 3.8) is 0 Å². The van der Waals surface area contributed by atoms with Crippen LogP contribution in [0, 0.1) is 0 Å². The van der Waals surface area contributed by atoms with Crippen LogP contribution in [0.2, 0.25) is 0 Å². The molecule has 1 amide bonds. The monoisotopic (exact) mass is 317 g/mol. The van der Waals surface area contributed by atoms with E-state index < -0.39 is 5.97 Å². The van der Waals surface area contributed by atoms with Gasteiger partial charge in [0.2, 0.25) is 0 Å². The van der Waals surface area contributed by atoms with Crippen LogP contribution in [0.4, 0.5) is 5.69 Å². The minimum Gasteiger partial charge on any atom is -0.478 e. The maximum absolute atomic E-state index is 12.3. The Bertz CT molecular complexity index is 874. The average molecular weight is 317 g/mol. The Morgan fingerprint density at radius 3 is 2.00 bits per heavy atom. The lowest BCUT2D eigenvalue weighted by molar-refractivity contribution is 0.0699. The molecule has 4 heteroatoms. The van der Waals surface area contributed by atoms with E-state index in [0.29, 0.717) is 11.1 Å². The molecule has 0 aliphatic rings. The molecule has 3 aromatic rings. The number of nitrogens with one attached hydrogen (secondary N) is 1. The molecular weight excluding hydrogens is 302 g/mol. The maximum Gasteiger partial charge on any atom is 0.338 e. The van der Waals surface area contributed by atoms with Crippen molar-refractivity contribution in [3.05, 3.63) is 90.0 Å². The standard InChI is InChI=1S/C20H15NO3/c22-19(15-10-5-2-6-11-15)21-17-13-7-12-16(18(17)20(23)24)14-8-3-1-4-9-14/h1-13H,(H,21,22)(H,23,24). The summed E-state index contributed by atoms with van der Waals surface area (Å²) < 4.78 is 0. The van der Waals surface area contributed by atoms with E-state index in [1.54, 1.807) is 42.5 Å². The second kappa shape index (κ2) is 6.79. The highest BCUT2D eigenvalue weighted by atomic mass is 16.4. The first-order valence-electron chi connectivity index (χ1n) is 7.45. The van der Waals surface area contributed by atoms with Gasteiger partial charge < -0.3 is 10.4 Å². The van der Waals surface area contributed by atoms with Crippen molar-refractivity contribution in [2.24, 2.45) is 0 Å². The number of benzene rings is 3. The van der Waals surface area contributed by atoms with E-state index in [1.807, 2.05) is 36.4 Å². The van der Waals surface area contributed by atoms with Gasteiger partial charge in [0, 0.05) is 5.56 Å². The van der Waals surface area contributed by atoms with Crippen molar-refractivity contribution in [2.45, 2.75) is 0 Å². The Morgan fingerprint density at radius 2 is 1.38 bits per heavy atom. The van der Waals surface area contributed by atoms with Crippen LogP contribution < -0.4 is 5.32 Å². The number of carbonyl (C=O) groups excluding carboxylic acids is 1. The van der Waals surface area contributed by atoms with Gasteiger partial charge >= 0.3 is 5.97 Å². The van der Waals surface area contributed by atoms with E-state index in [4.69, 9.17) is 0 Å². The van der Waals surface area contributed by atoms with Crippen LogP contribution in [-0.4, -0.2) is 17.0 Å². The normalized spacial score (nSPS) is 10.2. The lowest BCUT2D eigenvalue weighted by Crippen LogP contribution is -2.15. The molecule has 3 aromatic carbocycles. The van der Waals surface area contributed by atoms with Crippen LogP contribution in [0.3, 0.4) is 0 Å².